The molecular weight excluding hydrogens is 424 g/mol. The molecule has 4 aliphatic rings. The van der Waals surface area contributed by atoms with Crippen molar-refractivity contribution in [2.45, 2.75) is 118 Å². The number of fused-ring (bicyclic) bond motifs is 5. The van der Waals surface area contributed by atoms with E-state index >= 15 is 0 Å². The maximum absolute atomic E-state index is 5.02. The molecule has 1 aromatic heterocycles. The molecule has 1 heterocycles. The van der Waals surface area contributed by atoms with Gasteiger partial charge in [-0.25, -0.2) is 0 Å². The molecule has 0 amide bonds. The highest BCUT2D eigenvalue weighted by Crippen LogP contribution is 2.68. The van der Waals surface area contributed by atoms with Gasteiger partial charge in [-0.15, -0.1) is 0 Å². The third-order valence-corrected chi connectivity index (χ3v) is 11.9. The molecule has 0 spiro atoms. The molecule has 0 N–H and O–H groups in total. The van der Waals surface area contributed by atoms with Crippen LogP contribution in [0.25, 0.3) is 0 Å². The number of nitrogens with zero attached hydrogens (tertiary/aromatic N) is 2. The van der Waals surface area contributed by atoms with E-state index in [1.54, 1.807) is 0 Å². The number of hydrogen-bond donors (Lipinski definition) is 0. The monoisotopic (exact) mass is 476 g/mol. The van der Waals surface area contributed by atoms with Gasteiger partial charge in [0.1, 0.15) is 0 Å². The fourth-order valence-corrected chi connectivity index (χ4v) is 10.0. The molecule has 5 rings (SSSR count). The van der Waals surface area contributed by atoms with Crippen LogP contribution in [0.2, 0.25) is 0 Å². The topological polar surface area (TPSA) is 25.2 Å². The molecule has 4 fully saturated rings. The third-order valence-electron chi connectivity index (χ3n) is 11.9. The molecule has 0 aromatic carbocycles. The van der Waals surface area contributed by atoms with E-state index in [2.05, 4.69) is 51.7 Å². The summed E-state index contributed by atoms with van der Waals surface area (Å²) in [5, 5.41) is 0. The van der Waals surface area contributed by atoms with E-state index in [1.807, 2.05) is 18.5 Å². The summed E-state index contributed by atoms with van der Waals surface area (Å²) in [6, 6.07) is 6.62. The second kappa shape index (κ2) is 10.3. The van der Waals surface area contributed by atoms with Crippen LogP contribution in [0, 0.1) is 52.3 Å². The lowest BCUT2D eigenvalue weighted by molar-refractivity contribution is -0.116. The Morgan fingerprint density at radius 3 is 2.51 bits per heavy atom. The molecule has 0 saturated heterocycles. The van der Waals surface area contributed by atoms with Crippen LogP contribution >= 0.6 is 0 Å². The molecule has 4 aliphatic carbocycles. The molecule has 0 radical (unpaired) electrons. The summed E-state index contributed by atoms with van der Waals surface area (Å²) in [7, 11) is 0. The highest BCUT2D eigenvalue weighted by Gasteiger charge is 2.60. The SMILES string of the molecule is CC(C)CCC[C@@H](C)[C@H]1CC[C@H]2[C@@H]3CC[C@H]4C[C@H](N=Cc5ccccn5)CC[C@]4(C)[C@H]3CC[C@]12C. The molecule has 0 bridgehead atoms. The predicted octanol–water partition coefficient (Wildman–Crippen LogP) is 8.99. The van der Waals surface area contributed by atoms with Crippen LogP contribution in [0.1, 0.15) is 117 Å². The summed E-state index contributed by atoms with van der Waals surface area (Å²) < 4.78 is 0. The zero-order chi connectivity index (χ0) is 24.6. The zero-order valence-electron chi connectivity index (χ0n) is 23.4. The first-order valence-electron chi connectivity index (χ1n) is 15.3. The van der Waals surface area contributed by atoms with Gasteiger partial charge in [0.2, 0.25) is 0 Å². The van der Waals surface area contributed by atoms with E-state index in [-0.39, 0.29) is 0 Å². The predicted molar refractivity (Wildman–Crippen MR) is 149 cm³/mol. The van der Waals surface area contributed by atoms with E-state index in [0.717, 1.165) is 47.1 Å². The van der Waals surface area contributed by atoms with Crippen LogP contribution < -0.4 is 0 Å². The van der Waals surface area contributed by atoms with Gasteiger partial charge in [-0.2, -0.15) is 0 Å². The van der Waals surface area contributed by atoms with Crippen LogP contribution in [0.3, 0.4) is 0 Å². The van der Waals surface area contributed by atoms with Crippen molar-refractivity contribution in [3.8, 4) is 0 Å². The molecule has 2 nitrogen and oxygen atoms in total. The summed E-state index contributed by atoms with van der Waals surface area (Å²) in [5.41, 5.74) is 2.18. The number of hydrogen-bond acceptors (Lipinski definition) is 2. The second-order valence-electron chi connectivity index (χ2n) is 14.1. The number of rotatable bonds is 7. The van der Waals surface area contributed by atoms with Crippen molar-refractivity contribution in [2.75, 3.05) is 0 Å². The Balaban J connectivity index is 1.23. The Morgan fingerprint density at radius 2 is 1.74 bits per heavy atom. The standard InChI is InChI=1S/C33H52N2/c1-23(2)9-8-10-24(3)29-14-15-30-28-13-12-25-21-26(35-22-27-11-6-7-20-34-27)16-18-32(25,4)31(28)17-19-33(29,30)5/h6-7,11,20,22-26,28-31H,8-10,12-19,21H2,1-5H3/t24-,25+,26-,28+,29-,30+,31+,32+,33-/m1/s1. The summed E-state index contributed by atoms with van der Waals surface area (Å²) in [5.74, 6) is 6.58. The lowest BCUT2D eigenvalue weighted by atomic mass is 9.44. The summed E-state index contributed by atoms with van der Waals surface area (Å²) in [6.45, 7) is 12.8. The molecule has 2 heteroatoms. The van der Waals surface area contributed by atoms with E-state index < -0.39 is 0 Å². The van der Waals surface area contributed by atoms with Gasteiger partial charge in [0.05, 0.1) is 11.7 Å². The number of pyridine rings is 1. The third kappa shape index (κ3) is 4.89. The van der Waals surface area contributed by atoms with Crippen LogP contribution in [0.4, 0.5) is 0 Å². The van der Waals surface area contributed by atoms with Crippen LogP contribution in [0.5, 0.6) is 0 Å². The molecule has 0 unspecified atom stereocenters. The zero-order valence-corrected chi connectivity index (χ0v) is 23.4. The number of aliphatic imine (C=N–C) groups is 1. The van der Waals surface area contributed by atoms with Gasteiger partial charge >= 0.3 is 0 Å². The fourth-order valence-electron chi connectivity index (χ4n) is 10.0. The van der Waals surface area contributed by atoms with Gasteiger partial charge in [0.15, 0.2) is 0 Å². The molecule has 35 heavy (non-hydrogen) atoms. The van der Waals surface area contributed by atoms with Gasteiger partial charge in [0, 0.05) is 12.4 Å². The Bertz CT molecular complexity index is 861. The molecule has 194 valence electrons. The summed E-state index contributed by atoms with van der Waals surface area (Å²) >= 11 is 0. The maximum Gasteiger partial charge on any atom is 0.0807 e. The Kier molecular flexibility index (Phi) is 7.49. The lowest BCUT2D eigenvalue weighted by Crippen LogP contribution is -2.54. The van der Waals surface area contributed by atoms with Gasteiger partial charge in [-0.1, -0.05) is 59.9 Å². The fraction of sp³-hybridized carbons (Fsp3) is 0.818. The van der Waals surface area contributed by atoms with Gasteiger partial charge in [0.25, 0.3) is 0 Å². The van der Waals surface area contributed by atoms with Gasteiger partial charge in [-0.05, 0) is 122 Å². The quantitative estimate of drug-likeness (QED) is 0.360. The minimum Gasteiger partial charge on any atom is -0.288 e. The van der Waals surface area contributed by atoms with Gasteiger partial charge < -0.3 is 0 Å². The smallest absolute Gasteiger partial charge is 0.0807 e. The summed E-state index contributed by atoms with van der Waals surface area (Å²) in [6.07, 6.45) is 21.2. The van der Waals surface area contributed by atoms with Crippen molar-refractivity contribution in [3.05, 3.63) is 30.1 Å². The van der Waals surface area contributed by atoms with E-state index in [4.69, 9.17) is 4.99 Å². The van der Waals surface area contributed by atoms with E-state index in [0.29, 0.717) is 16.9 Å². The van der Waals surface area contributed by atoms with E-state index in [1.165, 1.54) is 77.0 Å². The average Bonchev–Trinajstić information content (AvgIpc) is 3.20. The average molecular weight is 477 g/mol. The Hall–Kier alpha value is -1.18. The minimum absolute atomic E-state index is 0.503. The molecule has 0 aliphatic heterocycles. The van der Waals surface area contributed by atoms with Crippen LogP contribution in [-0.2, 0) is 0 Å². The maximum atomic E-state index is 5.02. The molecule has 9 atom stereocenters. The van der Waals surface area contributed by atoms with Crippen LogP contribution in [0.15, 0.2) is 29.4 Å². The van der Waals surface area contributed by atoms with Crippen molar-refractivity contribution in [2.24, 2.45) is 57.2 Å². The normalized spacial score (nSPS) is 42.0. The molecule has 4 saturated carbocycles. The largest absolute Gasteiger partial charge is 0.288 e. The highest BCUT2D eigenvalue weighted by molar-refractivity contribution is 5.76. The molecule has 1 aromatic rings. The van der Waals surface area contributed by atoms with Crippen molar-refractivity contribution < 1.29 is 0 Å². The Morgan fingerprint density at radius 1 is 0.943 bits per heavy atom. The first-order chi connectivity index (χ1) is 16.8. The second-order valence-corrected chi connectivity index (χ2v) is 14.1. The Labute approximate surface area is 216 Å². The number of aromatic nitrogens is 1. The minimum atomic E-state index is 0.503. The summed E-state index contributed by atoms with van der Waals surface area (Å²) in [4.78, 5) is 9.46. The van der Waals surface area contributed by atoms with Crippen molar-refractivity contribution in [1.82, 2.24) is 4.98 Å². The van der Waals surface area contributed by atoms with Crippen molar-refractivity contribution in [1.29, 1.82) is 0 Å². The van der Waals surface area contributed by atoms with Crippen LogP contribution in [-0.4, -0.2) is 17.2 Å². The first-order valence-corrected chi connectivity index (χ1v) is 15.3. The lowest BCUT2D eigenvalue weighted by Gasteiger charge is -2.61. The van der Waals surface area contributed by atoms with Crippen molar-refractivity contribution >= 4 is 6.21 Å². The first kappa shape index (κ1) is 25.5. The van der Waals surface area contributed by atoms with Crippen molar-refractivity contribution in [3.63, 3.8) is 0 Å². The van der Waals surface area contributed by atoms with E-state index in [9.17, 15) is 0 Å². The highest BCUT2D eigenvalue weighted by atomic mass is 14.8. The molecular formula is C33H52N2. The van der Waals surface area contributed by atoms with Gasteiger partial charge in [-0.3, -0.25) is 9.98 Å².